The molecule has 0 aromatic heterocycles. The maximum atomic E-state index is 13.2. The number of ether oxygens (including phenoxy) is 2. The number of methoxy groups -OCH3 is 1. The number of rotatable bonds is 8. The minimum absolute atomic E-state index is 0.0101. The van der Waals surface area contributed by atoms with Gasteiger partial charge < -0.3 is 14.8 Å². The normalized spacial score (nSPS) is 16.5. The maximum absolute atomic E-state index is 13.2. The van der Waals surface area contributed by atoms with Gasteiger partial charge in [0, 0.05) is 13.2 Å². The van der Waals surface area contributed by atoms with Gasteiger partial charge in [0.2, 0.25) is 5.91 Å². The molecule has 1 saturated heterocycles. The number of nitrogens with zero attached hydrogens (tertiary/aromatic N) is 1. The van der Waals surface area contributed by atoms with Gasteiger partial charge in [0.15, 0.2) is 0 Å². The van der Waals surface area contributed by atoms with E-state index in [9.17, 15) is 13.2 Å². The fourth-order valence-electron chi connectivity index (χ4n) is 3.00. The Bertz CT molecular complexity index is 879. The third-order valence-electron chi connectivity index (χ3n) is 4.53. The minimum Gasteiger partial charge on any atom is -0.497 e. The summed E-state index contributed by atoms with van der Waals surface area (Å²) < 4.78 is 38.1. The molecular formula is C20H24N2O5S. The monoisotopic (exact) mass is 404 g/mol. The summed E-state index contributed by atoms with van der Waals surface area (Å²) in [6.07, 6.45) is 1.86. The molecule has 1 fully saturated rings. The van der Waals surface area contributed by atoms with Crippen LogP contribution in [0.5, 0.6) is 5.75 Å². The summed E-state index contributed by atoms with van der Waals surface area (Å²) in [6.45, 7) is 0.748. The van der Waals surface area contributed by atoms with Gasteiger partial charge in [0.25, 0.3) is 10.0 Å². The Kier molecular flexibility index (Phi) is 6.53. The number of sulfonamides is 1. The molecular weight excluding hydrogens is 380 g/mol. The Balaban J connectivity index is 1.82. The van der Waals surface area contributed by atoms with Gasteiger partial charge in [-0.3, -0.25) is 9.10 Å². The molecule has 8 heteroatoms. The van der Waals surface area contributed by atoms with Crippen LogP contribution >= 0.6 is 0 Å². The third-order valence-corrected chi connectivity index (χ3v) is 6.32. The molecule has 2 aromatic carbocycles. The van der Waals surface area contributed by atoms with E-state index in [2.05, 4.69) is 5.32 Å². The van der Waals surface area contributed by atoms with Crippen molar-refractivity contribution in [1.29, 1.82) is 0 Å². The smallest absolute Gasteiger partial charge is 0.264 e. The van der Waals surface area contributed by atoms with E-state index >= 15 is 0 Å². The third kappa shape index (κ3) is 4.82. The van der Waals surface area contributed by atoms with E-state index in [0.29, 0.717) is 24.6 Å². The second kappa shape index (κ2) is 9.07. The number of benzene rings is 2. The van der Waals surface area contributed by atoms with Crippen LogP contribution in [-0.4, -0.2) is 47.2 Å². The van der Waals surface area contributed by atoms with Crippen LogP contribution in [0.2, 0.25) is 0 Å². The van der Waals surface area contributed by atoms with Gasteiger partial charge in [-0.1, -0.05) is 18.2 Å². The van der Waals surface area contributed by atoms with Crippen molar-refractivity contribution >= 4 is 21.6 Å². The zero-order valence-electron chi connectivity index (χ0n) is 15.7. The number of amides is 1. The Morgan fingerprint density at radius 1 is 1.18 bits per heavy atom. The van der Waals surface area contributed by atoms with Gasteiger partial charge in [-0.15, -0.1) is 0 Å². The van der Waals surface area contributed by atoms with Gasteiger partial charge in [-0.2, -0.15) is 0 Å². The van der Waals surface area contributed by atoms with Crippen molar-refractivity contribution < 1.29 is 22.7 Å². The van der Waals surface area contributed by atoms with Crippen molar-refractivity contribution in [2.75, 3.05) is 31.1 Å². The minimum atomic E-state index is -3.91. The fraction of sp³-hybridized carbons (Fsp3) is 0.350. The lowest BCUT2D eigenvalue weighted by molar-refractivity contribution is -0.120. The summed E-state index contributed by atoms with van der Waals surface area (Å²) in [5.74, 6) is 0.217. The van der Waals surface area contributed by atoms with Crippen LogP contribution in [0.25, 0.3) is 0 Å². The van der Waals surface area contributed by atoms with E-state index in [1.165, 1.54) is 19.2 Å². The Hall–Kier alpha value is -2.58. The maximum Gasteiger partial charge on any atom is 0.264 e. The summed E-state index contributed by atoms with van der Waals surface area (Å²) in [7, 11) is -2.37. The molecule has 0 unspecified atom stereocenters. The SMILES string of the molecule is COc1ccc(N(CC(=O)NC[C@H]2CCCO2)S(=O)(=O)c2ccccc2)cc1. The van der Waals surface area contributed by atoms with E-state index in [0.717, 1.165) is 17.1 Å². The molecule has 3 rings (SSSR count). The first kappa shape index (κ1) is 20.2. The highest BCUT2D eigenvalue weighted by Gasteiger charge is 2.27. The molecule has 1 N–H and O–H groups in total. The highest BCUT2D eigenvalue weighted by molar-refractivity contribution is 7.92. The standard InChI is InChI=1S/C20H24N2O5S/c1-26-17-11-9-16(10-12-17)22(28(24,25)19-7-3-2-4-8-19)15-20(23)21-14-18-6-5-13-27-18/h2-4,7-12,18H,5-6,13-15H2,1H3,(H,21,23)/t18-/m1/s1. The molecule has 1 heterocycles. The average molecular weight is 404 g/mol. The number of nitrogens with one attached hydrogen (secondary N) is 1. The van der Waals surface area contributed by atoms with Crippen LogP contribution in [0.3, 0.4) is 0 Å². The summed E-state index contributed by atoms with van der Waals surface area (Å²) in [4.78, 5) is 12.6. The van der Waals surface area contributed by atoms with E-state index in [-0.39, 0.29) is 23.5 Å². The zero-order chi connectivity index (χ0) is 20.0. The van der Waals surface area contributed by atoms with E-state index in [4.69, 9.17) is 9.47 Å². The molecule has 0 spiro atoms. The van der Waals surface area contributed by atoms with Gasteiger partial charge in [-0.05, 0) is 49.2 Å². The van der Waals surface area contributed by atoms with Gasteiger partial charge in [0.05, 0.1) is 23.8 Å². The Morgan fingerprint density at radius 3 is 2.50 bits per heavy atom. The lowest BCUT2D eigenvalue weighted by atomic mass is 10.2. The van der Waals surface area contributed by atoms with Crippen LogP contribution in [0.4, 0.5) is 5.69 Å². The van der Waals surface area contributed by atoms with Crippen LogP contribution in [0.1, 0.15) is 12.8 Å². The van der Waals surface area contributed by atoms with Gasteiger partial charge in [0.1, 0.15) is 12.3 Å². The molecule has 1 amide bonds. The van der Waals surface area contributed by atoms with Gasteiger partial charge in [-0.25, -0.2) is 8.42 Å². The average Bonchev–Trinajstić information content (AvgIpc) is 3.25. The van der Waals surface area contributed by atoms with Crippen LogP contribution in [-0.2, 0) is 19.6 Å². The highest BCUT2D eigenvalue weighted by atomic mass is 32.2. The van der Waals surface area contributed by atoms with E-state index in [1.54, 1.807) is 42.5 Å². The quantitative estimate of drug-likeness (QED) is 0.729. The van der Waals surface area contributed by atoms with Crippen LogP contribution in [0.15, 0.2) is 59.5 Å². The van der Waals surface area contributed by atoms with Crippen molar-refractivity contribution in [1.82, 2.24) is 5.32 Å². The van der Waals surface area contributed by atoms with E-state index in [1.807, 2.05) is 0 Å². The lowest BCUT2D eigenvalue weighted by Gasteiger charge is -2.24. The number of anilines is 1. The molecule has 1 aliphatic rings. The molecule has 28 heavy (non-hydrogen) atoms. The van der Waals surface area contributed by atoms with Crippen LogP contribution < -0.4 is 14.4 Å². The predicted molar refractivity (Wildman–Crippen MR) is 106 cm³/mol. The molecule has 1 atom stereocenters. The number of hydrogen-bond donors (Lipinski definition) is 1. The van der Waals surface area contributed by atoms with Crippen molar-refractivity contribution in [3.8, 4) is 5.75 Å². The summed E-state index contributed by atoms with van der Waals surface area (Å²) in [5.41, 5.74) is 0.386. The lowest BCUT2D eigenvalue weighted by Crippen LogP contribution is -2.42. The summed E-state index contributed by atoms with van der Waals surface area (Å²) in [5, 5.41) is 2.78. The molecule has 0 aliphatic carbocycles. The first-order chi connectivity index (χ1) is 13.5. The molecule has 7 nitrogen and oxygen atoms in total. The number of carbonyl (C=O) groups excluding carboxylic acids is 1. The molecule has 1 aliphatic heterocycles. The number of carbonyl (C=O) groups is 1. The van der Waals surface area contributed by atoms with Crippen molar-refractivity contribution in [3.05, 3.63) is 54.6 Å². The summed E-state index contributed by atoms with van der Waals surface area (Å²) >= 11 is 0. The van der Waals surface area contributed by atoms with Crippen molar-refractivity contribution in [2.45, 2.75) is 23.8 Å². The first-order valence-corrected chi connectivity index (χ1v) is 10.5. The van der Waals surface area contributed by atoms with Gasteiger partial charge >= 0.3 is 0 Å². The van der Waals surface area contributed by atoms with Crippen LogP contribution in [0, 0.1) is 0 Å². The molecule has 0 saturated carbocycles. The fourth-order valence-corrected chi connectivity index (χ4v) is 4.44. The number of hydrogen-bond acceptors (Lipinski definition) is 5. The molecule has 0 bridgehead atoms. The first-order valence-electron chi connectivity index (χ1n) is 9.11. The van der Waals surface area contributed by atoms with E-state index < -0.39 is 10.0 Å². The Labute approximate surface area is 165 Å². The van der Waals surface area contributed by atoms with Crippen molar-refractivity contribution in [2.24, 2.45) is 0 Å². The topological polar surface area (TPSA) is 84.9 Å². The largest absolute Gasteiger partial charge is 0.497 e. The molecule has 150 valence electrons. The zero-order valence-corrected chi connectivity index (χ0v) is 16.5. The Morgan fingerprint density at radius 2 is 1.89 bits per heavy atom. The molecule has 2 aromatic rings. The summed E-state index contributed by atoms with van der Waals surface area (Å²) in [6, 6.07) is 14.6. The highest BCUT2D eigenvalue weighted by Crippen LogP contribution is 2.25. The predicted octanol–water partition coefficient (Wildman–Crippen LogP) is 2.19. The molecule has 0 radical (unpaired) electrons. The second-order valence-corrected chi connectivity index (χ2v) is 8.32. The second-order valence-electron chi connectivity index (χ2n) is 6.46. The van der Waals surface area contributed by atoms with Crippen molar-refractivity contribution in [3.63, 3.8) is 0 Å².